The van der Waals surface area contributed by atoms with Crippen LogP contribution in [0.25, 0.3) is 10.9 Å². The van der Waals surface area contributed by atoms with E-state index in [0.717, 1.165) is 42.6 Å². The van der Waals surface area contributed by atoms with Crippen molar-refractivity contribution in [3.8, 4) is 5.75 Å². The van der Waals surface area contributed by atoms with Crippen molar-refractivity contribution in [2.24, 2.45) is 0 Å². The van der Waals surface area contributed by atoms with E-state index in [9.17, 15) is 4.39 Å². The maximum atomic E-state index is 13.6. The number of rotatable bonds is 6. The van der Waals surface area contributed by atoms with Gasteiger partial charge in [-0.2, -0.15) is 0 Å². The lowest BCUT2D eigenvalue weighted by Crippen LogP contribution is -2.06. The van der Waals surface area contributed by atoms with E-state index in [1.165, 1.54) is 19.2 Å². The van der Waals surface area contributed by atoms with Crippen LogP contribution in [-0.4, -0.2) is 18.6 Å². The monoisotopic (exact) mass is 276 g/mol. The molecule has 0 atom stereocenters. The Labute approximate surface area is 119 Å². The average Bonchev–Trinajstić information content (AvgIpc) is 2.44. The number of methoxy groups -OCH3 is 1. The normalized spacial score (nSPS) is 10.8. The summed E-state index contributed by atoms with van der Waals surface area (Å²) >= 11 is 0. The van der Waals surface area contributed by atoms with Gasteiger partial charge in [-0.25, -0.2) is 9.37 Å². The molecule has 2 rings (SSSR count). The standard InChI is InChI=1S/C16H21FN2O/c1-4-6-11-8-12-9-13(17)10-14(20-3)15(12)19-16(11)18-7-5-2/h8-10H,4-7H2,1-3H3,(H,18,19). The number of pyridine rings is 1. The van der Waals surface area contributed by atoms with Gasteiger partial charge in [0.2, 0.25) is 0 Å². The van der Waals surface area contributed by atoms with Gasteiger partial charge >= 0.3 is 0 Å². The summed E-state index contributed by atoms with van der Waals surface area (Å²) in [4.78, 5) is 4.64. The third-order valence-corrected chi connectivity index (χ3v) is 3.21. The fourth-order valence-electron chi connectivity index (χ4n) is 2.28. The summed E-state index contributed by atoms with van der Waals surface area (Å²) in [5, 5.41) is 4.13. The first-order valence-corrected chi connectivity index (χ1v) is 7.10. The zero-order chi connectivity index (χ0) is 14.5. The zero-order valence-corrected chi connectivity index (χ0v) is 12.3. The SMILES string of the molecule is CCCNc1nc2c(OC)cc(F)cc2cc1CCC. The van der Waals surface area contributed by atoms with Gasteiger partial charge < -0.3 is 10.1 Å². The highest BCUT2D eigenvalue weighted by molar-refractivity contribution is 5.87. The Bertz CT molecular complexity index is 599. The van der Waals surface area contributed by atoms with Crippen LogP contribution in [0, 0.1) is 5.82 Å². The fourth-order valence-corrected chi connectivity index (χ4v) is 2.28. The molecule has 0 spiro atoms. The van der Waals surface area contributed by atoms with Crippen LogP contribution < -0.4 is 10.1 Å². The van der Waals surface area contributed by atoms with Crippen molar-refractivity contribution in [1.82, 2.24) is 4.98 Å². The molecule has 1 N–H and O–H groups in total. The van der Waals surface area contributed by atoms with Gasteiger partial charge in [0.25, 0.3) is 0 Å². The minimum atomic E-state index is -0.298. The molecule has 0 saturated heterocycles. The quantitative estimate of drug-likeness (QED) is 0.860. The number of aromatic nitrogens is 1. The van der Waals surface area contributed by atoms with Crippen molar-refractivity contribution in [3.05, 3.63) is 29.6 Å². The number of benzene rings is 1. The van der Waals surface area contributed by atoms with Crippen LogP contribution in [0.3, 0.4) is 0 Å². The van der Waals surface area contributed by atoms with E-state index in [-0.39, 0.29) is 5.82 Å². The Kier molecular flexibility index (Phi) is 4.77. The zero-order valence-electron chi connectivity index (χ0n) is 12.3. The number of hydrogen-bond acceptors (Lipinski definition) is 3. The van der Waals surface area contributed by atoms with Crippen molar-refractivity contribution in [2.75, 3.05) is 19.0 Å². The van der Waals surface area contributed by atoms with E-state index in [1.807, 2.05) is 6.07 Å². The first-order chi connectivity index (χ1) is 9.69. The number of nitrogens with one attached hydrogen (secondary N) is 1. The smallest absolute Gasteiger partial charge is 0.148 e. The Balaban J connectivity index is 2.58. The molecular weight excluding hydrogens is 255 g/mol. The van der Waals surface area contributed by atoms with Gasteiger partial charge in [0.05, 0.1) is 7.11 Å². The lowest BCUT2D eigenvalue weighted by molar-refractivity contribution is 0.415. The molecule has 0 fully saturated rings. The number of anilines is 1. The maximum absolute atomic E-state index is 13.6. The molecule has 4 heteroatoms. The first kappa shape index (κ1) is 14.6. The highest BCUT2D eigenvalue weighted by Gasteiger charge is 2.11. The highest BCUT2D eigenvalue weighted by Crippen LogP contribution is 2.29. The molecule has 0 unspecified atom stereocenters. The van der Waals surface area contributed by atoms with Crippen LogP contribution in [0.5, 0.6) is 5.75 Å². The van der Waals surface area contributed by atoms with Gasteiger partial charge in [-0.15, -0.1) is 0 Å². The minimum absolute atomic E-state index is 0.298. The molecule has 0 saturated carbocycles. The van der Waals surface area contributed by atoms with Crippen molar-refractivity contribution >= 4 is 16.7 Å². The maximum Gasteiger partial charge on any atom is 0.148 e. The third-order valence-electron chi connectivity index (χ3n) is 3.21. The number of aryl methyl sites for hydroxylation is 1. The molecule has 20 heavy (non-hydrogen) atoms. The molecule has 108 valence electrons. The van der Waals surface area contributed by atoms with Crippen LogP contribution >= 0.6 is 0 Å². The van der Waals surface area contributed by atoms with Crippen LogP contribution in [0.1, 0.15) is 32.3 Å². The molecule has 1 aromatic heterocycles. The number of nitrogens with zero attached hydrogens (tertiary/aromatic N) is 1. The molecule has 0 radical (unpaired) electrons. The van der Waals surface area contributed by atoms with Crippen LogP contribution in [0.4, 0.5) is 10.2 Å². The van der Waals surface area contributed by atoms with Gasteiger partial charge in [0.1, 0.15) is 22.9 Å². The molecule has 0 aliphatic heterocycles. The predicted octanol–water partition coefficient (Wildman–Crippen LogP) is 4.16. The van der Waals surface area contributed by atoms with Crippen LogP contribution in [-0.2, 0) is 6.42 Å². The van der Waals surface area contributed by atoms with E-state index < -0.39 is 0 Å². The molecule has 0 amide bonds. The van der Waals surface area contributed by atoms with Gasteiger partial charge in [-0.3, -0.25) is 0 Å². The summed E-state index contributed by atoms with van der Waals surface area (Å²) in [6.45, 7) is 5.11. The van der Waals surface area contributed by atoms with E-state index in [4.69, 9.17) is 4.74 Å². The lowest BCUT2D eigenvalue weighted by Gasteiger charge is -2.13. The Hall–Kier alpha value is -1.84. The van der Waals surface area contributed by atoms with Gasteiger partial charge in [-0.1, -0.05) is 20.3 Å². The van der Waals surface area contributed by atoms with Crippen molar-refractivity contribution in [1.29, 1.82) is 0 Å². The Morgan fingerprint density at radius 1 is 1.20 bits per heavy atom. The summed E-state index contributed by atoms with van der Waals surface area (Å²) in [6, 6.07) is 4.89. The lowest BCUT2D eigenvalue weighted by atomic mass is 10.1. The molecule has 1 heterocycles. The second-order valence-corrected chi connectivity index (χ2v) is 4.85. The second-order valence-electron chi connectivity index (χ2n) is 4.85. The predicted molar refractivity (Wildman–Crippen MR) is 81.0 cm³/mol. The molecular formula is C16H21FN2O. The van der Waals surface area contributed by atoms with Crippen molar-refractivity contribution in [2.45, 2.75) is 33.1 Å². The van der Waals surface area contributed by atoms with E-state index in [0.29, 0.717) is 11.3 Å². The van der Waals surface area contributed by atoms with Gasteiger partial charge in [-0.05, 0) is 30.5 Å². The highest BCUT2D eigenvalue weighted by atomic mass is 19.1. The topological polar surface area (TPSA) is 34.2 Å². The van der Waals surface area contributed by atoms with E-state index >= 15 is 0 Å². The summed E-state index contributed by atoms with van der Waals surface area (Å²) in [7, 11) is 1.54. The summed E-state index contributed by atoms with van der Waals surface area (Å²) < 4.78 is 18.8. The summed E-state index contributed by atoms with van der Waals surface area (Å²) in [5.74, 6) is 1.06. The molecule has 0 bridgehead atoms. The Morgan fingerprint density at radius 3 is 2.65 bits per heavy atom. The molecule has 0 aliphatic rings. The summed E-state index contributed by atoms with van der Waals surface area (Å²) in [6.07, 6.45) is 2.99. The number of hydrogen-bond donors (Lipinski definition) is 1. The van der Waals surface area contributed by atoms with E-state index in [1.54, 1.807) is 0 Å². The van der Waals surface area contributed by atoms with E-state index in [2.05, 4.69) is 24.1 Å². The third kappa shape index (κ3) is 3.00. The van der Waals surface area contributed by atoms with Crippen LogP contribution in [0.2, 0.25) is 0 Å². The summed E-state index contributed by atoms with van der Waals surface area (Å²) in [5.41, 5.74) is 1.83. The van der Waals surface area contributed by atoms with Gasteiger partial charge in [0, 0.05) is 18.0 Å². The number of halogens is 1. The Morgan fingerprint density at radius 2 is 2.00 bits per heavy atom. The minimum Gasteiger partial charge on any atom is -0.494 e. The average molecular weight is 276 g/mol. The molecule has 1 aromatic carbocycles. The molecule has 3 nitrogen and oxygen atoms in total. The first-order valence-electron chi connectivity index (χ1n) is 7.10. The molecule has 2 aromatic rings. The van der Waals surface area contributed by atoms with Crippen molar-refractivity contribution in [3.63, 3.8) is 0 Å². The number of fused-ring (bicyclic) bond motifs is 1. The fraction of sp³-hybridized carbons (Fsp3) is 0.438. The van der Waals surface area contributed by atoms with Crippen molar-refractivity contribution < 1.29 is 9.13 Å². The second kappa shape index (κ2) is 6.55. The largest absolute Gasteiger partial charge is 0.494 e. The number of ether oxygens (including phenoxy) is 1. The van der Waals surface area contributed by atoms with Gasteiger partial charge in [0.15, 0.2) is 0 Å². The van der Waals surface area contributed by atoms with Crippen LogP contribution in [0.15, 0.2) is 18.2 Å². The molecule has 0 aliphatic carbocycles.